The quantitative estimate of drug-likeness (QED) is 0.541. The Morgan fingerprint density at radius 2 is 1.90 bits per heavy atom. The first-order valence-corrected chi connectivity index (χ1v) is 9.67. The van der Waals surface area contributed by atoms with E-state index >= 15 is 0 Å². The Labute approximate surface area is 178 Å². The molecule has 1 fully saturated rings. The van der Waals surface area contributed by atoms with E-state index in [2.05, 4.69) is 10.3 Å². The van der Waals surface area contributed by atoms with E-state index in [0.29, 0.717) is 41.6 Å². The Hall–Kier alpha value is -3.88. The van der Waals surface area contributed by atoms with Crippen LogP contribution in [0.1, 0.15) is 23.5 Å². The van der Waals surface area contributed by atoms with Crippen molar-refractivity contribution < 1.29 is 23.9 Å². The number of hydrogen-bond donors (Lipinski definition) is 1. The van der Waals surface area contributed by atoms with Crippen LogP contribution in [0.3, 0.4) is 0 Å². The molecule has 0 bridgehead atoms. The minimum atomic E-state index is -0.464. The molecule has 1 saturated heterocycles. The first-order chi connectivity index (χ1) is 15.0. The van der Waals surface area contributed by atoms with Crippen LogP contribution in [0.15, 0.2) is 53.0 Å². The Kier molecular flexibility index (Phi) is 5.57. The van der Waals surface area contributed by atoms with Crippen LogP contribution in [-0.2, 0) is 11.4 Å². The lowest BCUT2D eigenvalue weighted by Crippen LogP contribution is -2.38. The average Bonchev–Trinajstić information content (AvgIpc) is 3.25. The number of nitro benzene ring substituents is 1. The fourth-order valence-corrected chi connectivity index (χ4v) is 3.79. The highest BCUT2D eigenvalue weighted by molar-refractivity contribution is 6.12. The molecule has 2 aliphatic rings. The summed E-state index contributed by atoms with van der Waals surface area (Å²) in [6.07, 6.45) is 2.35. The van der Waals surface area contributed by atoms with Crippen LogP contribution in [0, 0.1) is 10.1 Å². The minimum absolute atomic E-state index is 0.0420. The molecule has 4 rings (SSSR count). The Morgan fingerprint density at radius 1 is 1.13 bits per heavy atom. The lowest BCUT2D eigenvalue weighted by atomic mass is 9.85. The lowest BCUT2D eigenvalue weighted by Gasteiger charge is -2.26. The summed E-state index contributed by atoms with van der Waals surface area (Å²) in [5.74, 6) is 1.95. The summed E-state index contributed by atoms with van der Waals surface area (Å²) in [7, 11) is 3.03. The van der Waals surface area contributed by atoms with E-state index in [1.54, 1.807) is 12.1 Å². The van der Waals surface area contributed by atoms with Crippen LogP contribution in [-0.4, -0.2) is 37.4 Å². The molecule has 1 unspecified atom stereocenters. The number of fused-ring (bicyclic) bond motifs is 1. The van der Waals surface area contributed by atoms with Crippen molar-refractivity contribution in [1.82, 2.24) is 5.32 Å². The maximum absolute atomic E-state index is 12.1. The summed E-state index contributed by atoms with van der Waals surface area (Å²) in [6, 6.07) is 9.86. The molecule has 0 saturated carbocycles. The molecule has 0 spiro atoms. The van der Waals surface area contributed by atoms with Crippen molar-refractivity contribution in [3.05, 3.63) is 69.3 Å². The number of rotatable bonds is 7. The second kappa shape index (κ2) is 8.47. The molecule has 2 aliphatic heterocycles. The van der Waals surface area contributed by atoms with E-state index in [0.717, 1.165) is 11.1 Å². The number of carbonyl (C=O) groups is 1. The number of hydrogen-bond acceptors (Lipinski definition) is 7. The van der Waals surface area contributed by atoms with Crippen LogP contribution >= 0.6 is 0 Å². The number of non-ortho nitro benzene ring substituents is 1. The number of piperidine rings is 1. The maximum atomic E-state index is 12.1. The Bertz CT molecular complexity index is 1110. The third kappa shape index (κ3) is 4.07. The van der Waals surface area contributed by atoms with E-state index in [1.165, 1.54) is 26.4 Å². The number of nitrogens with zero attached hydrogens (tertiary/aromatic N) is 2. The molecule has 0 aromatic heterocycles. The van der Waals surface area contributed by atoms with Crippen LogP contribution in [0.5, 0.6) is 17.2 Å². The van der Waals surface area contributed by atoms with Gasteiger partial charge in [0.05, 0.1) is 25.7 Å². The van der Waals surface area contributed by atoms with Gasteiger partial charge in [-0.05, 0) is 23.8 Å². The molecule has 2 heterocycles. The van der Waals surface area contributed by atoms with Gasteiger partial charge in [0.25, 0.3) is 5.69 Å². The van der Waals surface area contributed by atoms with Gasteiger partial charge in [0.15, 0.2) is 11.5 Å². The smallest absolute Gasteiger partial charge is 0.270 e. The molecular weight excluding hydrogens is 402 g/mol. The normalized spacial score (nSPS) is 17.2. The zero-order valence-electron chi connectivity index (χ0n) is 17.1. The van der Waals surface area contributed by atoms with Gasteiger partial charge in [0.1, 0.15) is 18.2 Å². The largest absolute Gasteiger partial charge is 0.496 e. The van der Waals surface area contributed by atoms with Gasteiger partial charge in [-0.3, -0.25) is 19.9 Å². The molecule has 9 heteroatoms. The SMILES string of the molecule is COc1ccc([N+](=O)[O-])cc1COc1ccc(C2CC(=O)NC3=NCC=C32)cc1OC. The molecule has 1 N–H and O–H groups in total. The molecule has 0 radical (unpaired) electrons. The number of nitro groups is 1. The van der Waals surface area contributed by atoms with Gasteiger partial charge < -0.3 is 19.5 Å². The van der Waals surface area contributed by atoms with E-state index < -0.39 is 4.92 Å². The van der Waals surface area contributed by atoms with E-state index in [9.17, 15) is 14.9 Å². The third-order valence-corrected chi connectivity index (χ3v) is 5.30. The summed E-state index contributed by atoms with van der Waals surface area (Å²) >= 11 is 0. The van der Waals surface area contributed by atoms with Gasteiger partial charge in [-0.15, -0.1) is 0 Å². The van der Waals surface area contributed by atoms with Crippen molar-refractivity contribution in [1.29, 1.82) is 0 Å². The van der Waals surface area contributed by atoms with Crippen LogP contribution < -0.4 is 19.5 Å². The van der Waals surface area contributed by atoms with Gasteiger partial charge >= 0.3 is 0 Å². The fourth-order valence-electron chi connectivity index (χ4n) is 3.79. The highest BCUT2D eigenvalue weighted by Crippen LogP contribution is 2.38. The monoisotopic (exact) mass is 423 g/mol. The molecule has 1 amide bonds. The number of methoxy groups -OCH3 is 2. The second-order valence-corrected chi connectivity index (χ2v) is 7.11. The third-order valence-electron chi connectivity index (χ3n) is 5.30. The summed E-state index contributed by atoms with van der Waals surface area (Å²) in [4.78, 5) is 27.0. The molecule has 0 aliphatic carbocycles. The fraction of sp³-hybridized carbons (Fsp3) is 0.273. The summed E-state index contributed by atoms with van der Waals surface area (Å²) in [5, 5.41) is 13.9. The second-order valence-electron chi connectivity index (χ2n) is 7.11. The van der Waals surface area contributed by atoms with E-state index in [4.69, 9.17) is 14.2 Å². The summed E-state index contributed by atoms with van der Waals surface area (Å²) in [6.45, 7) is 0.624. The van der Waals surface area contributed by atoms with Crippen LogP contribution in [0.2, 0.25) is 0 Å². The Morgan fingerprint density at radius 3 is 2.65 bits per heavy atom. The maximum Gasteiger partial charge on any atom is 0.270 e. The Balaban J connectivity index is 1.57. The predicted molar refractivity (Wildman–Crippen MR) is 113 cm³/mol. The van der Waals surface area contributed by atoms with Gasteiger partial charge in [0, 0.05) is 35.6 Å². The molecular formula is C22H21N3O6. The zero-order chi connectivity index (χ0) is 22.0. The van der Waals surface area contributed by atoms with Crippen LogP contribution in [0.25, 0.3) is 0 Å². The molecule has 2 aromatic carbocycles. The number of ether oxygens (including phenoxy) is 3. The van der Waals surface area contributed by atoms with Gasteiger partial charge in [-0.2, -0.15) is 0 Å². The lowest BCUT2D eigenvalue weighted by molar-refractivity contribution is -0.385. The minimum Gasteiger partial charge on any atom is -0.496 e. The number of carbonyl (C=O) groups excluding carboxylic acids is 1. The predicted octanol–water partition coefficient (Wildman–Crippen LogP) is 3.13. The molecule has 9 nitrogen and oxygen atoms in total. The summed E-state index contributed by atoms with van der Waals surface area (Å²) in [5.41, 5.74) is 2.44. The van der Waals surface area contributed by atoms with Crippen molar-refractivity contribution in [3.63, 3.8) is 0 Å². The topological polar surface area (TPSA) is 112 Å². The van der Waals surface area contributed by atoms with Gasteiger partial charge in [0.2, 0.25) is 5.91 Å². The van der Waals surface area contributed by atoms with Crippen molar-refractivity contribution in [3.8, 4) is 17.2 Å². The van der Waals surface area contributed by atoms with Crippen molar-refractivity contribution in [2.24, 2.45) is 4.99 Å². The first kappa shape index (κ1) is 20.4. The molecule has 1 atom stereocenters. The molecule has 31 heavy (non-hydrogen) atoms. The van der Waals surface area contributed by atoms with E-state index in [1.807, 2.05) is 18.2 Å². The molecule has 160 valence electrons. The highest BCUT2D eigenvalue weighted by Gasteiger charge is 2.32. The molecule has 2 aromatic rings. The number of amides is 1. The number of nitrogens with one attached hydrogen (secondary N) is 1. The number of aliphatic imine (C=N–C) groups is 1. The van der Waals surface area contributed by atoms with Crippen molar-refractivity contribution in [2.75, 3.05) is 20.8 Å². The summed E-state index contributed by atoms with van der Waals surface area (Å²) < 4.78 is 16.7. The number of benzene rings is 2. The van der Waals surface area contributed by atoms with Gasteiger partial charge in [-0.25, -0.2) is 0 Å². The van der Waals surface area contributed by atoms with E-state index in [-0.39, 0.29) is 24.1 Å². The van der Waals surface area contributed by atoms with Gasteiger partial charge in [-0.1, -0.05) is 12.1 Å². The number of amidine groups is 1. The van der Waals surface area contributed by atoms with Crippen molar-refractivity contribution in [2.45, 2.75) is 18.9 Å². The zero-order valence-corrected chi connectivity index (χ0v) is 17.1. The standard InChI is InChI=1S/C22H21N3O6/c1-29-18-6-4-15(25(27)28)9-14(18)12-31-19-5-3-13(10-20(19)30-2)17-11-21(26)24-22-16(17)7-8-23-22/h3-7,9-10,17H,8,11-12H2,1-2H3,(H,23,24,26). The highest BCUT2D eigenvalue weighted by atomic mass is 16.6. The average molecular weight is 423 g/mol. The van der Waals surface area contributed by atoms with Crippen LogP contribution in [0.4, 0.5) is 5.69 Å². The van der Waals surface area contributed by atoms with Crippen molar-refractivity contribution >= 4 is 17.4 Å². The first-order valence-electron chi connectivity index (χ1n) is 9.67.